The van der Waals surface area contributed by atoms with Crippen LogP contribution in [0.3, 0.4) is 0 Å². The van der Waals surface area contributed by atoms with Crippen LogP contribution < -0.4 is 10.6 Å². The van der Waals surface area contributed by atoms with Crippen LogP contribution in [-0.2, 0) is 11.2 Å². The van der Waals surface area contributed by atoms with Crippen molar-refractivity contribution in [3.05, 3.63) is 65.2 Å². The summed E-state index contributed by atoms with van der Waals surface area (Å²) in [7, 11) is -1.69. The van der Waals surface area contributed by atoms with Crippen molar-refractivity contribution in [2.75, 3.05) is 0 Å². The first-order valence-electron chi connectivity index (χ1n) is 10.2. The molecule has 162 valence electrons. The van der Waals surface area contributed by atoms with E-state index in [2.05, 4.69) is 15.6 Å². The third-order valence-corrected chi connectivity index (χ3v) is 5.79. The monoisotopic (exact) mass is 439 g/mol. The summed E-state index contributed by atoms with van der Waals surface area (Å²) in [5.41, 5.74) is 3.73. The maximum Gasteiger partial charge on any atom is 0.475 e. The second-order valence-electron chi connectivity index (χ2n) is 7.88. The van der Waals surface area contributed by atoms with Gasteiger partial charge in [-0.15, -0.1) is 11.3 Å². The van der Waals surface area contributed by atoms with Gasteiger partial charge in [-0.25, -0.2) is 4.98 Å². The highest BCUT2D eigenvalue weighted by Gasteiger charge is 2.30. The summed E-state index contributed by atoms with van der Waals surface area (Å²) in [5, 5.41) is 24.9. The van der Waals surface area contributed by atoms with Gasteiger partial charge in [-0.05, 0) is 30.0 Å². The van der Waals surface area contributed by atoms with E-state index < -0.39 is 25.0 Å². The molecule has 1 aromatic heterocycles. The number of nitrogens with one attached hydrogen (secondary N) is 2. The lowest BCUT2D eigenvalue weighted by Crippen LogP contribution is -2.55. The van der Waals surface area contributed by atoms with Crippen LogP contribution in [0.15, 0.2) is 54.0 Å². The van der Waals surface area contributed by atoms with Crippen LogP contribution in [0.5, 0.6) is 0 Å². The lowest BCUT2D eigenvalue weighted by atomic mass is 9.75. The second-order valence-corrected chi connectivity index (χ2v) is 8.73. The quantitative estimate of drug-likeness (QED) is 0.382. The van der Waals surface area contributed by atoms with Gasteiger partial charge in [0.2, 0.25) is 5.91 Å². The standard InChI is InChI=1S/C22H26BN3O4S/c1-14(2)11-19(23(29)30)26-22(28)18(12-15-7-4-3-5-8-15)25-21(27)16-9-6-10-17-20(16)31-13-24-17/h3-10,13-14,18-19,29-30H,11-12H2,1-2H3,(H,25,27)(H,26,28)/t18-,19-/m0/s1. The third-order valence-electron chi connectivity index (χ3n) is 4.92. The molecule has 4 N–H and O–H groups in total. The zero-order valence-corrected chi connectivity index (χ0v) is 18.3. The topological polar surface area (TPSA) is 112 Å². The smallest absolute Gasteiger partial charge is 0.426 e. The van der Waals surface area contributed by atoms with Crippen LogP contribution in [0.25, 0.3) is 10.2 Å². The average molecular weight is 439 g/mol. The number of hydrogen-bond donors (Lipinski definition) is 4. The molecule has 0 aliphatic heterocycles. The molecule has 0 bridgehead atoms. The van der Waals surface area contributed by atoms with E-state index in [1.807, 2.05) is 50.2 Å². The van der Waals surface area contributed by atoms with E-state index in [-0.39, 0.29) is 18.2 Å². The summed E-state index contributed by atoms with van der Waals surface area (Å²) in [4.78, 5) is 30.3. The summed E-state index contributed by atoms with van der Waals surface area (Å²) in [6.07, 6.45) is 0.669. The highest BCUT2D eigenvalue weighted by molar-refractivity contribution is 7.17. The first-order chi connectivity index (χ1) is 14.8. The van der Waals surface area contributed by atoms with E-state index in [0.717, 1.165) is 15.8 Å². The number of carbonyl (C=O) groups is 2. The Morgan fingerprint density at radius 1 is 1.06 bits per heavy atom. The number of benzene rings is 2. The molecule has 2 atom stereocenters. The number of aromatic nitrogens is 1. The maximum atomic E-state index is 13.1. The first-order valence-corrected chi connectivity index (χ1v) is 11.1. The van der Waals surface area contributed by atoms with E-state index >= 15 is 0 Å². The van der Waals surface area contributed by atoms with Crippen LogP contribution in [0.1, 0.15) is 36.2 Å². The Morgan fingerprint density at radius 2 is 1.81 bits per heavy atom. The molecular weight excluding hydrogens is 413 g/mol. The number of rotatable bonds is 9. The zero-order valence-electron chi connectivity index (χ0n) is 17.5. The first kappa shape index (κ1) is 22.9. The predicted octanol–water partition coefficient (Wildman–Crippen LogP) is 2.18. The Balaban J connectivity index is 1.82. The molecule has 2 aromatic carbocycles. The van der Waals surface area contributed by atoms with E-state index in [1.54, 1.807) is 17.6 Å². The summed E-state index contributed by atoms with van der Waals surface area (Å²) < 4.78 is 0.752. The summed E-state index contributed by atoms with van der Waals surface area (Å²) >= 11 is 1.36. The molecule has 0 saturated carbocycles. The van der Waals surface area contributed by atoms with Gasteiger partial charge < -0.3 is 20.7 Å². The minimum absolute atomic E-state index is 0.151. The molecule has 0 radical (unpaired) electrons. The number of fused-ring (bicyclic) bond motifs is 1. The van der Waals surface area contributed by atoms with Gasteiger partial charge in [0.25, 0.3) is 5.91 Å². The molecule has 3 aromatic rings. The molecule has 0 unspecified atom stereocenters. The molecule has 31 heavy (non-hydrogen) atoms. The van der Waals surface area contributed by atoms with Gasteiger partial charge in [-0.3, -0.25) is 9.59 Å². The molecule has 3 rings (SSSR count). The van der Waals surface area contributed by atoms with Gasteiger partial charge in [-0.1, -0.05) is 50.2 Å². The van der Waals surface area contributed by atoms with Crippen LogP contribution >= 0.6 is 11.3 Å². The number of nitrogens with zero attached hydrogens (tertiary/aromatic N) is 1. The number of hydrogen-bond acceptors (Lipinski definition) is 6. The maximum absolute atomic E-state index is 13.1. The average Bonchev–Trinajstić information content (AvgIpc) is 3.22. The van der Waals surface area contributed by atoms with Crippen LogP contribution in [0.2, 0.25) is 0 Å². The Bertz CT molecular complexity index is 1030. The molecule has 1 heterocycles. The number of amides is 2. The van der Waals surface area contributed by atoms with Crippen molar-refractivity contribution in [3.8, 4) is 0 Å². The summed E-state index contributed by atoms with van der Waals surface area (Å²) in [5.74, 6) is -1.52. The highest BCUT2D eigenvalue weighted by atomic mass is 32.1. The molecule has 9 heteroatoms. The molecular formula is C22H26BN3O4S. The van der Waals surface area contributed by atoms with Gasteiger partial charge in [0.15, 0.2) is 0 Å². The van der Waals surface area contributed by atoms with Gasteiger partial charge in [0.1, 0.15) is 6.04 Å². The van der Waals surface area contributed by atoms with Crippen molar-refractivity contribution in [3.63, 3.8) is 0 Å². The van der Waals surface area contributed by atoms with Crippen molar-refractivity contribution in [2.24, 2.45) is 5.92 Å². The Kier molecular flexibility index (Phi) is 7.78. The SMILES string of the molecule is CC(C)C[C@H](NC(=O)[C@H](Cc1ccccc1)NC(=O)c1cccc2ncsc12)B(O)O. The predicted molar refractivity (Wildman–Crippen MR) is 123 cm³/mol. The number of carbonyl (C=O) groups excluding carboxylic acids is 2. The Hall–Kier alpha value is -2.75. The van der Waals surface area contributed by atoms with E-state index in [4.69, 9.17) is 0 Å². The molecule has 0 saturated heterocycles. The van der Waals surface area contributed by atoms with E-state index in [9.17, 15) is 19.6 Å². The minimum Gasteiger partial charge on any atom is -0.426 e. The fourth-order valence-corrected chi connectivity index (χ4v) is 4.21. The van der Waals surface area contributed by atoms with E-state index in [0.29, 0.717) is 12.0 Å². The van der Waals surface area contributed by atoms with Crippen molar-refractivity contribution >= 4 is 40.5 Å². The van der Waals surface area contributed by atoms with Crippen LogP contribution in [0, 0.1) is 5.92 Å². The van der Waals surface area contributed by atoms with Crippen LogP contribution in [-0.4, -0.2) is 45.9 Å². The zero-order chi connectivity index (χ0) is 22.4. The number of thiazole rings is 1. The summed E-state index contributed by atoms with van der Waals surface area (Å²) in [6.45, 7) is 3.86. The molecule has 2 amide bonds. The minimum atomic E-state index is -1.69. The third kappa shape index (κ3) is 6.13. The van der Waals surface area contributed by atoms with Crippen molar-refractivity contribution in [2.45, 2.75) is 38.7 Å². The Morgan fingerprint density at radius 3 is 2.48 bits per heavy atom. The van der Waals surface area contributed by atoms with Gasteiger partial charge in [0, 0.05) is 6.42 Å². The lowest BCUT2D eigenvalue weighted by Gasteiger charge is -2.24. The fraction of sp³-hybridized carbons (Fsp3) is 0.318. The van der Waals surface area contributed by atoms with Crippen molar-refractivity contribution in [1.29, 1.82) is 0 Å². The fourth-order valence-electron chi connectivity index (χ4n) is 3.41. The largest absolute Gasteiger partial charge is 0.475 e. The van der Waals surface area contributed by atoms with Gasteiger partial charge in [-0.2, -0.15) is 0 Å². The van der Waals surface area contributed by atoms with Gasteiger partial charge in [0.05, 0.1) is 27.2 Å². The molecule has 0 aliphatic carbocycles. The molecule has 0 spiro atoms. The molecule has 0 fully saturated rings. The van der Waals surface area contributed by atoms with Crippen LogP contribution in [0.4, 0.5) is 0 Å². The lowest BCUT2D eigenvalue weighted by molar-refractivity contribution is -0.123. The molecule has 7 nitrogen and oxygen atoms in total. The van der Waals surface area contributed by atoms with Crippen molar-refractivity contribution in [1.82, 2.24) is 15.6 Å². The second kappa shape index (κ2) is 10.5. The van der Waals surface area contributed by atoms with Crippen molar-refractivity contribution < 1.29 is 19.6 Å². The normalized spacial score (nSPS) is 13.1. The molecule has 0 aliphatic rings. The highest BCUT2D eigenvalue weighted by Crippen LogP contribution is 2.22. The summed E-state index contributed by atoms with van der Waals surface area (Å²) in [6, 6.07) is 13.8. The Labute approximate surface area is 185 Å². The van der Waals surface area contributed by atoms with E-state index in [1.165, 1.54) is 11.3 Å². The van der Waals surface area contributed by atoms with Gasteiger partial charge >= 0.3 is 7.12 Å².